The molecule has 0 fully saturated rings. The van der Waals surface area contributed by atoms with E-state index in [-0.39, 0.29) is 60.2 Å². The maximum absolute atomic E-state index is 2.30. The van der Waals surface area contributed by atoms with Gasteiger partial charge < -0.3 is 34.0 Å². The maximum atomic E-state index is 2.30. The molecule has 0 aliphatic heterocycles. The molecule has 0 aliphatic carbocycles. The van der Waals surface area contributed by atoms with Crippen LogP contribution < -0.4 is 34.0 Å². The zero-order valence-corrected chi connectivity index (χ0v) is 28.5. The first kappa shape index (κ1) is 35.9. The number of rotatable bonds is 6. The summed E-state index contributed by atoms with van der Waals surface area (Å²) in [4.78, 5) is 0. The molecule has 0 saturated carbocycles. The Morgan fingerprint density at radius 3 is 1.26 bits per heavy atom. The Kier molecular flexibility index (Phi) is 21.0. The molecule has 1 radical (unpaired) electrons. The number of benzene rings is 2. The third-order valence-electron chi connectivity index (χ3n) is 5.22. The van der Waals surface area contributed by atoms with Crippen molar-refractivity contribution < 1.29 is 60.2 Å². The predicted molar refractivity (Wildman–Crippen MR) is 144 cm³/mol. The van der Waals surface area contributed by atoms with Gasteiger partial charge in [0.2, 0.25) is 0 Å². The van der Waals surface area contributed by atoms with E-state index >= 15 is 0 Å². The Bertz CT molecular complexity index is 869. The van der Waals surface area contributed by atoms with Crippen LogP contribution in [0, 0.1) is 11.8 Å². The van der Waals surface area contributed by atoms with Gasteiger partial charge in [-0.3, -0.25) is 0 Å². The third-order valence-corrected chi connectivity index (χ3v) is 6.38. The Morgan fingerprint density at radius 1 is 0.647 bits per heavy atom. The molecule has 0 spiro atoms. The van der Waals surface area contributed by atoms with Crippen LogP contribution in [0.4, 0.5) is 0 Å². The summed E-state index contributed by atoms with van der Waals surface area (Å²) in [6.45, 7) is 13.5. The van der Waals surface area contributed by atoms with E-state index in [1.807, 2.05) is 0 Å². The second-order valence-corrected chi connectivity index (χ2v) is 11.5. The quantitative estimate of drug-likeness (QED) is 0.217. The van der Waals surface area contributed by atoms with Crippen molar-refractivity contribution in [3.63, 3.8) is 0 Å². The van der Waals surface area contributed by atoms with Gasteiger partial charge in [0.1, 0.15) is 0 Å². The summed E-state index contributed by atoms with van der Waals surface area (Å²) in [6, 6.07) is 29.2. The number of hydrogen-bond acceptors (Lipinski definition) is 0. The molecule has 0 heterocycles. The predicted octanol–water partition coefficient (Wildman–Crippen LogP) is 2.82. The first-order valence-electron chi connectivity index (χ1n) is 12.0. The SMILES string of the molecule is CC(C)Cc1cc2ccccc2[cH-]1.CC(C)Cc1cc2ccccc2[cH-]1.CC[SiH]CC.[Br-].[Br-].[Zr+4]. The van der Waals surface area contributed by atoms with E-state index in [1.54, 1.807) is 0 Å². The molecule has 0 unspecified atom stereocenters. The van der Waals surface area contributed by atoms with Crippen LogP contribution in [0.3, 0.4) is 0 Å². The monoisotopic (exact) mass is 677 g/mol. The van der Waals surface area contributed by atoms with Gasteiger partial charge >= 0.3 is 26.2 Å². The van der Waals surface area contributed by atoms with E-state index in [4.69, 9.17) is 0 Å². The third kappa shape index (κ3) is 13.1. The van der Waals surface area contributed by atoms with E-state index in [1.165, 1.54) is 57.6 Å². The molecule has 4 aromatic carbocycles. The smallest absolute Gasteiger partial charge is 1.00 e. The molecule has 183 valence electrons. The number of fused-ring (bicyclic) bond motifs is 2. The van der Waals surface area contributed by atoms with E-state index in [0.29, 0.717) is 0 Å². The molecule has 0 nitrogen and oxygen atoms in total. The van der Waals surface area contributed by atoms with E-state index in [9.17, 15) is 0 Å². The Hall–Kier alpha value is -0.280. The molecule has 0 aromatic heterocycles. The van der Waals surface area contributed by atoms with Crippen molar-refractivity contribution >= 4 is 31.1 Å². The molecule has 0 amide bonds. The molecule has 0 saturated heterocycles. The van der Waals surface area contributed by atoms with Crippen LogP contribution in [0.2, 0.25) is 12.1 Å². The summed E-state index contributed by atoms with van der Waals surface area (Å²) in [6.07, 6.45) is 2.38. The fourth-order valence-electron chi connectivity index (χ4n) is 3.90. The molecule has 4 heteroatoms. The van der Waals surface area contributed by atoms with Crippen molar-refractivity contribution in [1.29, 1.82) is 0 Å². The molecule has 4 aromatic rings. The van der Waals surface area contributed by atoms with Crippen LogP contribution in [0.5, 0.6) is 0 Å². The molecule has 0 bridgehead atoms. The van der Waals surface area contributed by atoms with Crippen LogP contribution in [0.25, 0.3) is 21.5 Å². The van der Waals surface area contributed by atoms with Gasteiger partial charge in [-0.15, -0.1) is 81.2 Å². The Balaban J connectivity index is 0. The Labute approximate surface area is 251 Å². The molecular formula is C30H41Br2SiZr. The van der Waals surface area contributed by atoms with Gasteiger partial charge in [0, 0.05) is 9.52 Å². The van der Waals surface area contributed by atoms with Gasteiger partial charge in [-0.2, -0.15) is 12.1 Å². The van der Waals surface area contributed by atoms with Gasteiger partial charge in [-0.25, -0.2) is 0 Å². The van der Waals surface area contributed by atoms with E-state index in [0.717, 1.165) is 21.4 Å². The minimum atomic E-state index is 0. The molecule has 34 heavy (non-hydrogen) atoms. The van der Waals surface area contributed by atoms with Gasteiger partial charge in [0.05, 0.1) is 0 Å². The van der Waals surface area contributed by atoms with Gasteiger partial charge in [-0.1, -0.05) is 65.8 Å². The fraction of sp³-hybridized carbons (Fsp3) is 0.400. The first-order chi connectivity index (χ1) is 14.9. The van der Waals surface area contributed by atoms with Crippen LogP contribution in [-0.2, 0) is 39.0 Å². The van der Waals surface area contributed by atoms with Gasteiger partial charge in [-0.05, 0) is 24.7 Å². The van der Waals surface area contributed by atoms with E-state index < -0.39 is 0 Å². The van der Waals surface area contributed by atoms with Crippen molar-refractivity contribution in [3.8, 4) is 0 Å². The summed E-state index contributed by atoms with van der Waals surface area (Å²) in [5.41, 5.74) is 2.94. The summed E-state index contributed by atoms with van der Waals surface area (Å²) < 4.78 is 0. The summed E-state index contributed by atoms with van der Waals surface area (Å²) in [7, 11) is 0.815. The van der Waals surface area contributed by atoms with E-state index in [2.05, 4.69) is 114 Å². The van der Waals surface area contributed by atoms with Crippen molar-refractivity contribution in [2.24, 2.45) is 11.8 Å². The Morgan fingerprint density at radius 2 is 1.00 bits per heavy atom. The van der Waals surface area contributed by atoms with Crippen LogP contribution >= 0.6 is 0 Å². The summed E-state index contributed by atoms with van der Waals surface area (Å²) in [5, 5.41) is 5.49. The molecular weight excluding hydrogens is 639 g/mol. The molecule has 0 atom stereocenters. The minimum absolute atomic E-state index is 0. The average Bonchev–Trinajstić information content (AvgIpc) is 3.31. The zero-order valence-electron chi connectivity index (χ0n) is 21.7. The maximum Gasteiger partial charge on any atom is 4.00 e. The van der Waals surface area contributed by atoms with Crippen molar-refractivity contribution in [1.82, 2.24) is 0 Å². The van der Waals surface area contributed by atoms with Crippen molar-refractivity contribution in [2.75, 3.05) is 0 Å². The van der Waals surface area contributed by atoms with Crippen molar-refractivity contribution in [2.45, 2.75) is 66.5 Å². The largest absolute Gasteiger partial charge is 4.00 e. The molecule has 0 N–H and O–H groups in total. The fourth-order valence-corrected chi connectivity index (χ4v) is 4.47. The van der Waals surface area contributed by atoms with Gasteiger partial charge in [0.25, 0.3) is 0 Å². The topological polar surface area (TPSA) is 0 Å². The number of hydrogen-bond donors (Lipinski definition) is 0. The number of halogens is 2. The second kappa shape index (κ2) is 19.9. The standard InChI is InChI=1S/2C13H15.C4H11Si.2BrH.Zr/c2*1-10(2)7-11-8-12-5-3-4-6-13(12)9-11;1-3-5-4-2;;;/h2*3-6,8-10H,7H2,1-2H3;5H,3-4H2,1-2H3;2*1H;/q2*-1;;;;+4/p-2. The first-order valence-corrected chi connectivity index (χ1v) is 13.7. The average molecular weight is 681 g/mol. The zero-order chi connectivity index (χ0) is 22.6. The minimum Gasteiger partial charge on any atom is -1.00 e. The summed E-state index contributed by atoms with van der Waals surface area (Å²) in [5.74, 6) is 1.49. The normalized spacial score (nSPS) is 9.88. The van der Waals surface area contributed by atoms with Crippen molar-refractivity contribution in [3.05, 3.63) is 83.9 Å². The van der Waals surface area contributed by atoms with Crippen LogP contribution in [-0.4, -0.2) is 9.52 Å². The summed E-state index contributed by atoms with van der Waals surface area (Å²) >= 11 is 0. The second-order valence-electron chi connectivity index (χ2n) is 9.29. The van der Waals surface area contributed by atoms with Crippen LogP contribution in [0.1, 0.15) is 52.7 Å². The van der Waals surface area contributed by atoms with Crippen LogP contribution in [0.15, 0.2) is 72.8 Å². The van der Waals surface area contributed by atoms with Gasteiger partial charge in [0.15, 0.2) is 0 Å². The molecule has 4 rings (SSSR count). The molecule has 0 aliphatic rings.